The summed E-state index contributed by atoms with van der Waals surface area (Å²) in [6.07, 6.45) is 0. The predicted molar refractivity (Wildman–Crippen MR) is 114 cm³/mol. The summed E-state index contributed by atoms with van der Waals surface area (Å²) in [5.74, 6) is 0.945. The Morgan fingerprint density at radius 2 is 1.65 bits per heavy atom. The first-order valence-electron chi connectivity index (χ1n) is 9.09. The highest BCUT2D eigenvalue weighted by molar-refractivity contribution is 5.85. The van der Waals surface area contributed by atoms with Crippen molar-refractivity contribution in [3.8, 4) is 0 Å². The summed E-state index contributed by atoms with van der Waals surface area (Å²) in [6.45, 7) is 11.4. The minimum atomic E-state index is -0.128. The molecule has 1 heterocycles. The van der Waals surface area contributed by atoms with Gasteiger partial charge in [0.15, 0.2) is 0 Å². The maximum absolute atomic E-state index is 12.7. The number of rotatable bonds is 5. The Hall–Kier alpha value is -0.810. The monoisotopic (exact) mass is 403 g/mol. The Kier molecular flexibility index (Phi) is 10.8. The van der Waals surface area contributed by atoms with Gasteiger partial charge < -0.3 is 10.6 Å². The van der Waals surface area contributed by atoms with E-state index < -0.39 is 0 Å². The molecule has 0 bridgehead atoms. The molecule has 2 N–H and O–H groups in total. The summed E-state index contributed by atoms with van der Waals surface area (Å²) >= 11 is 0. The van der Waals surface area contributed by atoms with Gasteiger partial charge in [-0.2, -0.15) is 0 Å². The summed E-state index contributed by atoms with van der Waals surface area (Å²) < 4.78 is 0. The van der Waals surface area contributed by atoms with Crippen LogP contribution in [-0.2, 0) is 11.3 Å². The van der Waals surface area contributed by atoms with Crippen molar-refractivity contribution in [1.82, 2.24) is 9.80 Å². The van der Waals surface area contributed by atoms with Gasteiger partial charge in [-0.25, -0.2) is 0 Å². The van der Waals surface area contributed by atoms with E-state index in [1.807, 2.05) is 25.8 Å². The first-order chi connectivity index (χ1) is 11.3. The van der Waals surface area contributed by atoms with Crippen LogP contribution in [0.5, 0.6) is 0 Å². The molecule has 0 aromatic heterocycles. The lowest BCUT2D eigenvalue weighted by Crippen LogP contribution is -2.56. The van der Waals surface area contributed by atoms with Gasteiger partial charge in [-0.3, -0.25) is 9.69 Å². The molecular formula is C20H35Cl2N3O. The second-order valence-corrected chi connectivity index (χ2v) is 7.72. The van der Waals surface area contributed by atoms with Gasteiger partial charge in [0.05, 0.1) is 5.92 Å². The van der Waals surface area contributed by atoms with Crippen molar-refractivity contribution in [2.75, 3.05) is 20.1 Å². The van der Waals surface area contributed by atoms with Crippen molar-refractivity contribution >= 4 is 30.7 Å². The third kappa shape index (κ3) is 6.12. The fourth-order valence-corrected chi connectivity index (χ4v) is 4.09. The molecule has 0 radical (unpaired) electrons. The molecule has 1 aromatic carbocycles. The zero-order valence-electron chi connectivity index (χ0n) is 16.6. The SMILES string of the molecule is CC(N)C(C)C(=O)N(C)C1C(C)CN(Cc2ccccc2)CC1C.Cl.Cl. The van der Waals surface area contributed by atoms with E-state index >= 15 is 0 Å². The molecule has 150 valence electrons. The van der Waals surface area contributed by atoms with Crippen molar-refractivity contribution in [3.63, 3.8) is 0 Å². The first-order valence-corrected chi connectivity index (χ1v) is 9.09. The van der Waals surface area contributed by atoms with Crippen molar-refractivity contribution in [2.24, 2.45) is 23.5 Å². The smallest absolute Gasteiger partial charge is 0.226 e. The quantitative estimate of drug-likeness (QED) is 0.818. The van der Waals surface area contributed by atoms with Crippen molar-refractivity contribution in [3.05, 3.63) is 35.9 Å². The van der Waals surface area contributed by atoms with E-state index in [1.165, 1.54) is 5.56 Å². The topological polar surface area (TPSA) is 49.6 Å². The van der Waals surface area contributed by atoms with E-state index in [9.17, 15) is 4.79 Å². The van der Waals surface area contributed by atoms with Crippen LogP contribution in [0, 0.1) is 17.8 Å². The van der Waals surface area contributed by atoms with E-state index in [0.717, 1.165) is 19.6 Å². The van der Waals surface area contributed by atoms with Crippen LogP contribution in [0.25, 0.3) is 0 Å². The molecule has 0 spiro atoms. The molecule has 0 saturated carbocycles. The van der Waals surface area contributed by atoms with Gasteiger partial charge in [-0.1, -0.05) is 51.1 Å². The zero-order chi connectivity index (χ0) is 17.9. The molecule has 2 rings (SSSR count). The molecule has 1 amide bonds. The van der Waals surface area contributed by atoms with Crippen LogP contribution in [0.4, 0.5) is 0 Å². The zero-order valence-corrected chi connectivity index (χ0v) is 18.2. The van der Waals surface area contributed by atoms with Crippen LogP contribution in [0.3, 0.4) is 0 Å². The number of hydrogen-bond donors (Lipinski definition) is 1. The highest BCUT2D eigenvalue weighted by Gasteiger charge is 2.37. The van der Waals surface area contributed by atoms with Crippen LogP contribution in [0.15, 0.2) is 30.3 Å². The van der Waals surface area contributed by atoms with E-state index in [4.69, 9.17) is 5.73 Å². The largest absolute Gasteiger partial charge is 0.342 e. The summed E-state index contributed by atoms with van der Waals surface area (Å²) in [5.41, 5.74) is 7.28. The molecule has 1 fully saturated rings. The standard InChI is InChI=1S/C20H33N3O.2ClH/c1-14-11-23(13-18-9-7-6-8-10-18)12-15(2)19(14)22(5)20(24)16(3)17(4)21;;/h6-10,14-17,19H,11-13,21H2,1-5H3;2*1H. The molecule has 26 heavy (non-hydrogen) atoms. The lowest BCUT2D eigenvalue weighted by molar-refractivity contribution is -0.140. The van der Waals surface area contributed by atoms with Crippen molar-refractivity contribution in [2.45, 2.75) is 46.3 Å². The molecule has 1 saturated heterocycles. The van der Waals surface area contributed by atoms with Crippen molar-refractivity contribution in [1.29, 1.82) is 0 Å². The molecule has 1 aromatic rings. The first kappa shape index (κ1) is 25.2. The second-order valence-electron chi connectivity index (χ2n) is 7.72. The molecule has 1 aliphatic heterocycles. The van der Waals surface area contributed by atoms with E-state index in [2.05, 4.69) is 49.1 Å². The molecule has 4 nitrogen and oxygen atoms in total. The summed E-state index contributed by atoms with van der Waals surface area (Å²) in [4.78, 5) is 17.1. The van der Waals surface area contributed by atoms with Crippen LogP contribution in [-0.4, -0.2) is 47.9 Å². The van der Waals surface area contributed by atoms with Crippen LogP contribution >= 0.6 is 24.8 Å². The third-order valence-corrected chi connectivity index (χ3v) is 5.48. The van der Waals surface area contributed by atoms with Gasteiger partial charge in [0.25, 0.3) is 0 Å². The van der Waals surface area contributed by atoms with E-state index in [-0.39, 0.29) is 48.7 Å². The van der Waals surface area contributed by atoms with E-state index in [0.29, 0.717) is 11.8 Å². The highest BCUT2D eigenvalue weighted by Crippen LogP contribution is 2.28. The fourth-order valence-electron chi connectivity index (χ4n) is 4.09. The number of carbonyl (C=O) groups is 1. The summed E-state index contributed by atoms with van der Waals surface area (Å²) in [7, 11) is 1.95. The number of hydrogen-bond acceptors (Lipinski definition) is 3. The van der Waals surface area contributed by atoms with Gasteiger partial charge in [0.2, 0.25) is 5.91 Å². The van der Waals surface area contributed by atoms with Gasteiger partial charge in [-0.15, -0.1) is 24.8 Å². The number of nitrogens with two attached hydrogens (primary N) is 1. The maximum atomic E-state index is 12.7. The minimum Gasteiger partial charge on any atom is -0.342 e. The Morgan fingerprint density at radius 3 is 2.12 bits per heavy atom. The summed E-state index contributed by atoms with van der Waals surface area (Å²) in [6, 6.07) is 10.8. The molecule has 6 heteroatoms. The van der Waals surface area contributed by atoms with Crippen LogP contribution in [0.1, 0.15) is 33.3 Å². The number of nitrogens with zero attached hydrogens (tertiary/aromatic N) is 2. The molecule has 4 atom stereocenters. The van der Waals surface area contributed by atoms with E-state index in [1.54, 1.807) is 0 Å². The number of amides is 1. The molecule has 4 unspecified atom stereocenters. The number of likely N-dealkylation sites (tertiary alicyclic amines) is 1. The number of carbonyl (C=O) groups excluding carboxylic acids is 1. The molecule has 1 aliphatic rings. The average molecular weight is 404 g/mol. The normalized spacial score (nSPS) is 25.4. The molecular weight excluding hydrogens is 369 g/mol. The predicted octanol–water partition coefficient (Wildman–Crippen LogP) is 3.43. The van der Waals surface area contributed by atoms with Crippen LogP contribution in [0.2, 0.25) is 0 Å². The third-order valence-electron chi connectivity index (χ3n) is 5.48. The van der Waals surface area contributed by atoms with Crippen molar-refractivity contribution < 1.29 is 4.79 Å². The van der Waals surface area contributed by atoms with Gasteiger partial charge in [-0.05, 0) is 24.3 Å². The molecule has 0 aliphatic carbocycles. The summed E-state index contributed by atoms with van der Waals surface area (Å²) in [5, 5.41) is 0. The Balaban J connectivity index is 0.00000312. The van der Waals surface area contributed by atoms with Gasteiger partial charge >= 0.3 is 0 Å². The lowest BCUT2D eigenvalue weighted by Gasteiger charge is -2.46. The van der Waals surface area contributed by atoms with Crippen LogP contribution < -0.4 is 5.73 Å². The van der Waals surface area contributed by atoms with Gasteiger partial charge in [0, 0.05) is 38.8 Å². The highest BCUT2D eigenvalue weighted by atomic mass is 35.5. The Morgan fingerprint density at radius 1 is 1.15 bits per heavy atom. The maximum Gasteiger partial charge on any atom is 0.226 e. The Bertz CT molecular complexity index is 529. The second kappa shape index (κ2) is 11.1. The van der Waals surface area contributed by atoms with Gasteiger partial charge in [0.1, 0.15) is 0 Å². The lowest BCUT2D eigenvalue weighted by atomic mass is 9.83. The minimum absolute atomic E-state index is 0. The number of benzene rings is 1. The fraction of sp³-hybridized carbons (Fsp3) is 0.650. The Labute approximate surface area is 171 Å². The number of halogens is 2. The number of piperidine rings is 1. The average Bonchev–Trinajstić information content (AvgIpc) is 2.53.